The van der Waals surface area contributed by atoms with Gasteiger partial charge in [-0.2, -0.15) is 5.26 Å². The second-order valence-corrected chi connectivity index (χ2v) is 2.77. The first kappa shape index (κ1) is 8.79. The zero-order valence-corrected chi connectivity index (χ0v) is 7.11. The molecule has 0 amide bonds. The van der Waals surface area contributed by atoms with Crippen molar-refractivity contribution in [3.8, 4) is 6.07 Å². The standard InChI is InChI=1S/C9H13N3/c10-5-3-1-2-4-7-12-8-6-11-9-12/h6,8-9H,1-4,7H2. The molecule has 3 heteroatoms. The second kappa shape index (κ2) is 5.36. The number of imidazole rings is 1. The van der Waals surface area contributed by atoms with Gasteiger partial charge < -0.3 is 4.57 Å². The Bertz CT molecular complexity index is 233. The van der Waals surface area contributed by atoms with E-state index in [1.165, 1.54) is 0 Å². The molecule has 12 heavy (non-hydrogen) atoms. The SMILES string of the molecule is N#CCCCCCn1ccnc1. The van der Waals surface area contributed by atoms with Crippen LogP contribution in [0.15, 0.2) is 18.7 Å². The molecule has 0 radical (unpaired) electrons. The van der Waals surface area contributed by atoms with Crippen LogP contribution in [0, 0.1) is 11.3 Å². The summed E-state index contributed by atoms with van der Waals surface area (Å²) in [6.07, 6.45) is 9.54. The van der Waals surface area contributed by atoms with Gasteiger partial charge in [0, 0.05) is 25.4 Å². The van der Waals surface area contributed by atoms with Gasteiger partial charge in [-0.05, 0) is 12.8 Å². The van der Waals surface area contributed by atoms with E-state index in [1.54, 1.807) is 6.20 Å². The van der Waals surface area contributed by atoms with E-state index in [9.17, 15) is 0 Å². The lowest BCUT2D eigenvalue weighted by molar-refractivity contribution is 0.591. The molecule has 0 N–H and O–H groups in total. The largest absolute Gasteiger partial charge is 0.337 e. The van der Waals surface area contributed by atoms with Crippen LogP contribution in [-0.2, 0) is 6.54 Å². The maximum Gasteiger partial charge on any atom is 0.0945 e. The summed E-state index contributed by atoms with van der Waals surface area (Å²) in [4.78, 5) is 3.95. The first-order valence-corrected chi connectivity index (χ1v) is 4.26. The van der Waals surface area contributed by atoms with Gasteiger partial charge in [0.05, 0.1) is 12.4 Å². The summed E-state index contributed by atoms with van der Waals surface area (Å²) < 4.78 is 2.06. The van der Waals surface area contributed by atoms with Crippen molar-refractivity contribution in [3.05, 3.63) is 18.7 Å². The van der Waals surface area contributed by atoms with Gasteiger partial charge in [0.1, 0.15) is 0 Å². The Kier molecular flexibility index (Phi) is 3.93. The minimum atomic E-state index is 0.684. The van der Waals surface area contributed by atoms with E-state index in [-0.39, 0.29) is 0 Å². The zero-order chi connectivity index (χ0) is 8.65. The summed E-state index contributed by atoms with van der Waals surface area (Å²) in [5.74, 6) is 0. The number of hydrogen-bond donors (Lipinski definition) is 0. The molecule has 0 aliphatic carbocycles. The van der Waals surface area contributed by atoms with E-state index in [2.05, 4.69) is 15.6 Å². The minimum Gasteiger partial charge on any atom is -0.337 e. The highest BCUT2D eigenvalue weighted by Crippen LogP contribution is 2.00. The van der Waals surface area contributed by atoms with Crippen LogP contribution >= 0.6 is 0 Å². The molecule has 0 bridgehead atoms. The number of hydrogen-bond acceptors (Lipinski definition) is 2. The van der Waals surface area contributed by atoms with Gasteiger partial charge in [0.2, 0.25) is 0 Å². The van der Waals surface area contributed by atoms with Crippen LogP contribution in [0.25, 0.3) is 0 Å². The third kappa shape index (κ3) is 3.20. The number of rotatable bonds is 5. The van der Waals surface area contributed by atoms with E-state index < -0.39 is 0 Å². The fourth-order valence-corrected chi connectivity index (χ4v) is 1.09. The quantitative estimate of drug-likeness (QED) is 0.623. The normalized spacial score (nSPS) is 9.58. The van der Waals surface area contributed by atoms with Crippen molar-refractivity contribution in [2.45, 2.75) is 32.2 Å². The predicted octanol–water partition coefficient (Wildman–Crippen LogP) is 1.97. The third-order valence-electron chi connectivity index (χ3n) is 1.76. The molecule has 0 atom stereocenters. The van der Waals surface area contributed by atoms with Crippen LogP contribution in [0.1, 0.15) is 25.7 Å². The topological polar surface area (TPSA) is 41.6 Å². The highest BCUT2D eigenvalue weighted by Gasteiger charge is 1.90. The molecule has 0 fully saturated rings. The van der Waals surface area contributed by atoms with Gasteiger partial charge in [-0.1, -0.05) is 6.42 Å². The molecule has 0 aliphatic rings. The fraction of sp³-hybridized carbons (Fsp3) is 0.556. The van der Waals surface area contributed by atoms with Gasteiger partial charge in [-0.15, -0.1) is 0 Å². The van der Waals surface area contributed by atoms with E-state index in [4.69, 9.17) is 5.26 Å². The number of unbranched alkanes of at least 4 members (excludes halogenated alkanes) is 3. The smallest absolute Gasteiger partial charge is 0.0945 e. The lowest BCUT2D eigenvalue weighted by atomic mass is 10.2. The summed E-state index contributed by atoms with van der Waals surface area (Å²) in [6.45, 7) is 1.02. The molecule has 0 aromatic carbocycles. The highest BCUT2D eigenvalue weighted by atomic mass is 15.0. The average molecular weight is 163 g/mol. The Labute approximate surface area is 72.7 Å². The minimum absolute atomic E-state index is 0.684. The summed E-state index contributed by atoms with van der Waals surface area (Å²) in [5, 5.41) is 8.28. The van der Waals surface area contributed by atoms with Gasteiger partial charge in [0.15, 0.2) is 0 Å². The molecular weight excluding hydrogens is 150 g/mol. The zero-order valence-electron chi connectivity index (χ0n) is 7.11. The molecule has 1 aromatic heterocycles. The number of nitriles is 1. The Morgan fingerprint density at radius 3 is 2.92 bits per heavy atom. The third-order valence-corrected chi connectivity index (χ3v) is 1.76. The summed E-state index contributed by atoms with van der Waals surface area (Å²) >= 11 is 0. The molecule has 1 rings (SSSR count). The Hall–Kier alpha value is -1.30. The van der Waals surface area contributed by atoms with Crippen LogP contribution in [0.4, 0.5) is 0 Å². The van der Waals surface area contributed by atoms with Crippen molar-refractivity contribution in [2.75, 3.05) is 0 Å². The van der Waals surface area contributed by atoms with Crippen LogP contribution < -0.4 is 0 Å². The molecule has 0 spiro atoms. The van der Waals surface area contributed by atoms with Gasteiger partial charge in [-0.25, -0.2) is 4.98 Å². The molecule has 1 aromatic rings. The molecule has 0 aliphatic heterocycles. The van der Waals surface area contributed by atoms with Crippen molar-refractivity contribution >= 4 is 0 Å². The van der Waals surface area contributed by atoms with E-state index >= 15 is 0 Å². The van der Waals surface area contributed by atoms with Crippen LogP contribution in [-0.4, -0.2) is 9.55 Å². The lowest BCUT2D eigenvalue weighted by Gasteiger charge is -1.99. The van der Waals surface area contributed by atoms with E-state index in [0.717, 1.165) is 25.8 Å². The van der Waals surface area contributed by atoms with Crippen molar-refractivity contribution in [1.82, 2.24) is 9.55 Å². The monoisotopic (exact) mass is 163 g/mol. The molecule has 3 nitrogen and oxygen atoms in total. The Balaban J connectivity index is 2.01. The van der Waals surface area contributed by atoms with E-state index in [1.807, 2.05) is 12.5 Å². The van der Waals surface area contributed by atoms with Gasteiger partial charge in [0.25, 0.3) is 0 Å². The Morgan fingerprint density at radius 1 is 1.33 bits per heavy atom. The average Bonchev–Trinajstić information content (AvgIpc) is 2.57. The summed E-state index contributed by atoms with van der Waals surface area (Å²) in [5.41, 5.74) is 0. The number of nitrogens with zero attached hydrogens (tertiary/aromatic N) is 3. The molecule has 64 valence electrons. The van der Waals surface area contributed by atoms with Crippen LogP contribution in [0.5, 0.6) is 0 Å². The van der Waals surface area contributed by atoms with Crippen molar-refractivity contribution < 1.29 is 0 Å². The maximum atomic E-state index is 8.28. The second-order valence-electron chi connectivity index (χ2n) is 2.77. The Morgan fingerprint density at radius 2 is 2.25 bits per heavy atom. The summed E-state index contributed by atoms with van der Waals surface area (Å²) in [7, 11) is 0. The van der Waals surface area contributed by atoms with Crippen molar-refractivity contribution in [1.29, 1.82) is 5.26 Å². The first-order valence-electron chi connectivity index (χ1n) is 4.26. The molecular formula is C9H13N3. The molecule has 1 heterocycles. The number of aryl methyl sites for hydroxylation is 1. The summed E-state index contributed by atoms with van der Waals surface area (Å²) in [6, 6.07) is 2.14. The van der Waals surface area contributed by atoms with Crippen LogP contribution in [0.2, 0.25) is 0 Å². The van der Waals surface area contributed by atoms with Crippen molar-refractivity contribution in [3.63, 3.8) is 0 Å². The van der Waals surface area contributed by atoms with Crippen LogP contribution in [0.3, 0.4) is 0 Å². The van der Waals surface area contributed by atoms with Gasteiger partial charge in [-0.3, -0.25) is 0 Å². The predicted molar refractivity (Wildman–Crippen MR) is 46.3 cm³/mol. The highest BCUT2D eigenvalue weighted by molar-refractivity contribution is 4.74. The van der Waals surface area contributed by atoms with Gasteiger partial charge >= 0.3 is 0 Å². The number of aromatic nitrogens is 2. The molecule has 0 saturated heterocycles. The maximum absolute atomic E-state index is 8.28. The van der Waals surface area contributed by atoms with E-state index in [0.29, 0.717) is 6.42 Å². The molecule has 0 unspecified atom stereocenters. The van der Waals surface area contributed by atoms with Crippen molar-refractivity contribution in [2.24, 2.45) is 0 Å². The fourth-order valence-electron chi connectivity index (χ4n) is 1.09. The molecule has 0 saturated carbocycles. The first-order chi connectivity index (χ1) is 5.93. The lowest BCUT2D eigenvalue weighted by Crippen LogP contribution is -1.93.